The van der Waals surface area contributed by atoms with E-state index in [1.165, 1.54) is 0 Å². The molecule has 0 amide bonds. The van der Waals surface area contributed by atoms with Crippen molar-refractivity contribution in [1.82, 2.24) is 0 Å². The predicted molar refractivity (Wildman–Crippen MR) is 41.9 cm³/mol. The van der Waals surface area contributed by atoms with E-state index in [9.17, 15) is 9.59 Å². The van der Waals surface area contributed by atoms with E-state index in [1.807, 2.05) is 0 Å². The van der Waals surface area contributed by atoms with Crippen LogP contribution in [0.2, 0.25) is 0 Å². The minimum atomic E-state index is -1.47. The van der Waals surface area contributed by atoms with Gasteiger partial charge in [0.2, 0.25) is 0 Å². The fourth-order valence-electron chi connectivity index (χ4n) is 1.41. The Morgan fingerprint density at radius 3 is 2.54 bits per heavy atom. The number of esters is 1. The first kappa shape index (κ1) is 9.98. The highest BCUT2D eigenvalue weighted by molar-refractivity contribution is 6.03. The van der Waals surface area contributed by atoms with E-state index in [1.54, 1.807) is 6.92 Å². The van der Waals surface area contributed by atoms with Crippen LogP contribution in [0.25, 0.3) is 0 Å². The fraction of sp³-hybridized carbons (Fsp3) is 0.750. The summed E-state index contributed by atoms with van der Waals surface area (Å²) in [4.78, 5) is 22.0. The Morgan fingerprint density at radius 1 is 1.62 bits per heavy atom. The van der Waals surface area contributed by atoms with Gasteiger partial charge in [-0.15, -0.1) is 0 Å². The highest BCUT2D eigenvalue weighted by Crippen LogP contribution is 2.53. The van der Waals surface area contributed by atoms with Gasteiger partial charge in [0.05, 0.1) is 6.61 Å². The summed E-state index contributed by atoms with van der Waals surface area (Å²) in [7, 11) is 0. The minimum absolute atomic E-state index is 0.159. The van der Waals surface area contributed by atoms with Crippen LogP contribution in [0.3, 0.4) is 0 Å². The maximum absolute atomic E-state index is 11.2. The van der Waals surface area contributed by atoms with Gasteiger partial charge in [-0.25, -0.2) is 0 Å². The zero-order valence-electron chi connectivity index (χ0n) is 7.32. The van der Waals surface area contributed by atoms with E-state index in [0.29, 0.717) is 0 Å². The first-order valence-electron chi connectivity index (χ1n) is 4.11. The van der Waals surface area contributed by atoms with Gasteiger partial charge >= 0.3 is 11.9 Å². The van der Waals surface area contributed by atoms with Crippen molar-refractivity contribution in [2.24, 2.45) is 11.3 Å². The summed E-state index contributed by atoms with van der Waals surface area (Å²) in [5, 5.41) is 17.5. The number of carboxylic acid groups (broad SMARTS) is 1. The molecule has 1 aliphatic rings. The number of aliphatic carboxylic acids is 1. The summed E-state index contributed by atoms with van der Waals surface area (Å²) in [5.41, 5.74) is -1.47. The van der Waals surface area contributed by atoms with Crippen LogP contribution in [-0.2, 0) is 14.3 Å². The second-order valence-corrected chi connectivity index (χ2v) is 3.08. The van der Waals surface area contributed by atoms with E-state index in [0.717, 1.165) is 0 Å². The van der Waals surface area contributed by atoms with Crippen molar-refractivity contribution >= 4 is 11.9 Å². The van der Waals surface area contributed by atoms with Crippen LogP contribution >= 0.6 is 0 Å². The van der Waals surface area contributed by atoms with Crippen molar-refractivity contribution in [1.29, 1.82) is 0 Å². The molecule has 2 unspecified atom stereocenters. The molecular weight excluding hydrogens is 176 g/mol. The summed E-state index contributed by atoms with van der Waals surface area (Å²) < 4.78 is 4.63. The van der Waals surface area contributed by atoms with Gasteiger partial charge in [0, 0.05) is 12.5 Å². The molecule has 1 saturated carbocycles. The number of carboxylic acids is 1. The molecule has 0 radical (unpaired) electrons. The van der Waals surface area contributed by atoms with E-state index in [2.05, 4.69) is 4.74 Å². The quantitative estimate of drug-likeness (QED) is 0.464. The molecule has 0 aromatic heterocycles. The topological polar surface area (TPSA) is 83.8 Å². The molecule has 1 rings (SSSR count). The summed E-state index contributed by atoms with van der Waals surface area (Å²) in [5.74, 6) is -2.42. The molecule has 1 fully saturated rings. The second kappa shape index (κ2) is 3.33. The van der Waals surface area contributed by atoms with Gasteiger partial charge in [-0.2, -0.15) is 0 Å². The van der Waals surface area contributed by atoms with E-state index in [4.69, 9.17) is 10.2 Å². The molecule has 5 heteroatoms. The number of carbonyl (C=O) groups is 2. The van der Waals surface area contributed by atoms with Crippen molar-refractivity contribution in [3.8, 4) is 0 Å². The molecule has 13 heavy (non-hydrogen) atoms. The van der Waals surface area contributed by atoms with Crippen molar-refractivity contribution in [2.75, 3.05) is 13.2 Å². The fourth-order valence-corrected chi connectivity index (χ4v) is 1.41. The largest absolute Gasteiger partial charge is 0.480 e. The van der Waals surface area contributed by atoms with Gasteiger partial charge in [0.15, 0.2) is 5.41 Å². The lowest BCUT2D eigenvalue weighted by Crippen LogP contribution is -2.30. The Labute approximate surface area is 75.3 Å². The van der Waals surface area contributed by atoms with Crippen LogP contribution in [0.1, 0.15) is 13.3 Å². The molecule has 0 heterocycles. The maximum atomic E-state index is 11.2. The molecular formula is C8H12O5. The Morgan fingerprint density at radius 2 is 2.23 bits per heavy atom. The van der Waals surface area contributed by atoms with Crippen molar-refractivity contribution < 1.29 is 24.5 Å². The highest BCUT2D eigenvalue weighted by Gasteiger charge is 2.67. The van der Waals surface area contributed by atoms with Gasteiger partial charge in [-0.05, 0) is 13.3 Å². The van der Waals surface area contributed by atoms with Gasteiger partial charge in [0.1, 0.15) is 0 Å². The zero-order chi connectivity index (χ0) is 10.1. The lowest BCUT2D eigenvalue weighted by Gasteiger charge is -2.09. The molecule has 2 atom stereocenters. The monoisotopic (exact) mass is 188 g/mol. The second-order valence-electron chi connectivity index (χ2n) is 3.08. The van der Waals surface area contributed by atoms with Gasteiger partial charge in [-0.1, -0.05) is 0 Å². The summed E-state index contributed by atoms with van der Waals surface area (Å²) in [6.45, 7) is 1.49. The van der Waals surface area contributed by atoms with E-state index in [-0.39, 0.29) is 19.6 Å². The van der Waals surface area contributed by atoms with Crippen LogP contribution in [0.15, 0.2) is 0 Å². The minimum Gasteiger partial charge on any atom is -0.480 e. The molecule has 0 aliphatic heterocycles. The van der Waals surface area contributed by atoms with Gasteiger partial charge in [0.25, 0.3) is 0 Å². The van der Waals surface area contributed by atoms with Crippen LogP contribution in [0.5, 0.6) is 0 Å². The molecule has 0 saturated heterocycles. The smallest absolute Gasteiger partial charge is 0.323 e. The molecule has 74 valence electrons. The van der Waals surface area contributed by atoms with Gasteiger partial charge < -0.3 is 14.9 Å². The SMILES string of the molecule is CCOC(=O)C1(C(=O)O)CC1CO. The Balaban J connectivity index is 2.72. The Hall–Kier alpha value is -1.10. The molecule has 0 aromatic rings. The molecule has 0 aromatic carbocycles. The number of hydrogen-bond donors (Lipinski definition) is 2. The standard InChI is InChI=1S/C8H12O5/c1-2-13-7(12)8(6(10)11)3-5(8)4-9/h5,9H,2-4H2,1H3,(H,10,11). The van der Waals surface area contributed by atoms with Gasteiger partial charge in [-0.3, -0.25) is 9.59 Å². The number of aliphatic hydroxyl groups is 1. The zero-order valence-corrected chi connectivity index (χ0v) is 7.32. The number of aliphatic hydroxyl groups excluding tert-OH is 1. The molecule has 0 bridgehead atoms. The van der Waals surface area contributed by atoms with E-state index >= 15 is 0 Å². The van der Waals surface area contributed by atoms with Crippen LogP contribution < -0.4 is 0 Å². The van der Waals surface area contributed by atoms with Crippen molar-refractivity contribution in [2.45, 2.75) is 13.3 Å². The van der Waals surface area contributed by atoms with E-state index < -0.39 is 23.3 Å². The summed E-state index contributed by atoms with van der Waals surface area (Å²) in [6, 6.07) is 0. The predicted octanol–water partition coefficient (Wildman–Crippen LogP) is -0.367. The summed E-state index contributed by atoms with van der Waals surface area (Å²) >= 11 is 0. The molecule has 1 aliphatic carbocycles. The maximum Gasteiger partial charge on any atom is 0.323 e. The Kier molecular flexibility index (Phi) is 2.56. The van der Waals surface area contributed by atoms with Crippen molar-refractivity contribution in [3.63, 3.8) is 0 Å². The van der Waals surface area contributed by atoms with Crippen LogP contribution in [0, 0.1) is 11.3 Å². The number of rotatable bonds is 4. The third kappa shape index (κ3) is 1.39. The average Bonchev–Trinajstić information content (AvgIpc) is 2.79. The summed E-state index contributed by atoms with van der Waals surface area (Å²) in [6.07, 6.45) is 0.178. The first-order chi connectivity index (χ1) is 6.09. The number of hydrogen-bond acceptors (Lipinski definition) is 4. The van der Waals surface area contributed by atoms with Crippen LogP contribution in [0.4, 0.5) is 0 Å². The Bertz CT molecular complexity index is 237. The molecule has 2 N–H and O–H groups in total. The molecule has 5 nitrogen and oxygen atoms in total. The number of carbonyl (C=O) groups excluding carboxylic acids is 1. The third-order valence-corrected chi connectivity index (χ3v) is 2.35. The van der Waals surface area contributed by atoms with Crippen LogP contribution in [-0.4, -0.2) is 35.4 Å². The normalized spacial score (nSPS) is 31.1. The number of ether oxygens (including phenoxy) is 1. The third-order valence-electron chi connectivity index (χ3n) is 2.35. The van der Waals surface area contributed by atoms with Crippen molar-refractivity contribution in [3.05, 3.63) is 0 Å². The lowest BCUT2D eigenvalue weighted by atomic mass is 10.1. The highest BCUT2D eigenvalue weighted by atomic mass is 16.5. The first-order valence-corrected chi connectivity index (χ1v) is 4.11. The average molecular weight is 188 g/mol. The lowest BCUT2D eigenvalue weighted by molar-refractivity contribution is -0.162. The molecule has 0 spiro atoms.